The second kappa shape index (κ2) is 65.3. The van der Waals surface area contributed by atoms with Crippen LogP contribution in [-0.4, -0.2) is 37.2 Å². The maximum atomic E-state index is 12.9. The molecule has 0 radical (unpaired) electrons. The molecule has 442 valence electrons. The van der Waals surface area contributed by atoms with Crippen LogP contribution in [-0.2, 0) is 28.6 Å². The van der Waals surface area contributed by atoms with Gasteiger partial charge in [0.2, 0.25) is 0 Å². The number of unbranched alkanes of at least 4 members (excludes halogenated alkanes) is 16. The van der Waals surface area contributed by atoms with Gasteiger partial charge in [-0.05, 0) is 141 Å². The molecule has 0 aliphatic heterocycles. The Bertz CT molecular complexity index is 1820. The van der Waals surface area contributed by atoms with E-state index >= 15 is 0 Å². The smallest absolute Gasteiger partial charge is 0.306 e. The van der Waals surface area contributed by atoms with Crippen LogP contribution in [0.1, 0.15) is 252 Å². The van der Waals surface area contributed by atoms with Crippen molar-refractivity contribution in [3.8, 4) is 0 Å². The lowest BCUT2D eigenvalue weighted by molar-refractivity contribution is -0.167. The van der Waals surface area contributed by atoms with Crippen molar-refractivity contribution in [2.75, 3.05) is 13.2 Å². The third-order valence-corrected chi connectivity index (χ3v) is 12.7. The number of carbonyl (C=O) groups is 3. The number of rotatable bonds is 55. The van der Waals surface area contributed by atoms with Crippen molar-refractivity contribution in [3.63, 3.8) is 0 Å². The molecule has 6 nitrogen and oxygen atoms in total. The van der Waals surface area contributed by atoms with Gasteiger partial charge in [-0.15, -0.1) is 0 Å². The van der Waals surface area contributed by atoms with Crippen LogP contribution in [0.15, 0.2) is 170 Å². The number of esters is 3. The lowest BCUT2D eigenvalue weighted by Gasteiger charge is -2.18. The highest BCUT2D eigenvalue weighted by molar-refractivity contribution is 5.71. The van der Waals surface area contributed by atoms with Crippen molar-refractivity contribution in [1.82, 2.24) is 0 Å². The first kappa shape index (κ1) is 73.8. The van der Waals surface area contributed by atoms with Gasteiger partial charge in [-0.3, -0.25) is 14.4 Å². The van der Waals surface area contributed by atoms with Crippen LogP contribution < -0.4 is 0 Å². The van der Waals surface area contributed by atoms with E-state index in [2.05, 4.69) is 191 Å². The molecule has 0 spiro atoms. The maximum Gasteiger partial charge on any atom is 0.306 e. The van der Waals surface area contributed by atoms with Crippen LogP contribution in [0.4, 0.5) is 0 Å². The summed E-state index contributed by atoms with van der Waals surface area (Å²) in [5, 5.41) is 0. The summed E-state index contributed by atoms with van der Waals surface area (Å²) in [5.41, 5.74) is 0. The molecule has 0 amide bonds. The highest BCUT2D eigenvalue weighted by atomic mass is 16.6. The lowest BCUT2D eigenvalue weighted by atomic mass is 10.1. The molecule has 0 saturated heterocycles. The van der Waals surface area contributed by atoms with Crippen molar-refractivity contribution in [1.29, 1.82) is 0 Å². The van der Waals surface area contributed by atoms with Gasteiger partial charge in [0.05, 0.1) is 0 Å². The fourth-order valence-electron chi connectivity index (χ4n) is 8.02. The number of hydrogen-bond acceptors (Lipinski definition) is 6. The molecule has 1 atom stereocenters. The molecule has 0 aromatic carbocycles. The van der Waals surface area contributed by atoms with Crippen LogP contribution >= 0.6 is 0 Å². The van der Waals surface area contributed by atoms with Gasteiger partial charge in [0.25, 0.3) is 0 Å². The fraction of sp³-hybridized carbons (Fsp3) is 0.575. The van der Waals surface area contributed by atoms with Gasteiger partial charge >= 0.3 is 17.9 Å². The molecule has 0 rings (SSSR count). The van der Waals surface area contributed by atoms with Crippen LogP contribution in [0.3, 0.4) is 0 Å². The van der Waals surface area contributed by atoms with Crippen LogP contribution in [0.25, 0.3) is 0 Å². The predicted molar refractivity (Wildman–Crippen MR) is 343 cm³/mol. The minimum absolute atomic E-state index is 0.117. The van der Waals surface area contributed by atoms with Crippen LogP contribution in [0.5, 0.6) is 0 Å². The largest absolute Gasteiger partial charge is 0.462 e. The van der Waals surface area contributed by atoms with Crippen molar-refractivity contribution >= 4 is 17.9 Å². The average molecular weight is 1090 g/mol. The van der Waals surface area contributed by atoms with Gasteiger partial charge in [-0.1, -0.05) is 262 Å². The standard InChI is InChI=1S/C73H114O6/c1-4-7-10-13-16-19-22-25-27-29-31-33-35-36-38-39-41-43-45-48-51-54-57-60-63-66-72(75)78-69-70(68-77-71(74)65-62-59-56-53-50-47-24-21-18-15-12-9-6-3)79-73(76)67-64-61-58-55-52-49-46-44-42-40-37-34-32-30-28-26-23-20-17-14-11-8-5-2/h7-8,10-12,15-17,19-21,24-28,31-34,36,38,40,42,46,49,55,58,70H,4-6,9,13-14,18,22-23,29-30,35,37,39,41,43-45,47-48,50-54,56-57,59-69H2,1-3H3/b10-7-,11-8-,15-12-,19-16-,20-17-,24-21-,27-25-,28-26-,33-31-,34-32-,38-36-,42-40-,49-46-,58-55-. The second-order valence-corrected chi connectivity index (χ2v) is 20.2. The highest BCUT2D eigenvalue weighted by Gasteiger charge is 2.19. The van der Waals surface area contributed by atoms with E-state index in [1.165, 1.54) is 44.9 Å². The Morgan fingerprint density at radius 1 is 0.266 bits per heavy atom. The Labute approximate surface area is 485 Å². The zero-order valence-electron chi connectivity index (χ0n) is 50.6. The molecule has 79 heavy (non-hydrogen) atoms. The summed E-state index contributed by atoms with van der Waals surface area (Å²) in [6.07, 6.45) is 96.4. The Morgan fingerprint density at radius 2 is 0.506 bits per heavy atom. The molecule has 0 saturated carbocycles. The summed E-state index contributed by atoms with van der Waals surface area (Å²) in [7, 11) is 0. The fourth-order valence-corrected chi connectivity index (χ4v) is 8.02. The Kier molecular flexibility index (Phi) is 61.0. The van der Waals surface area contributed by atoms with E-state index in [-0.39, 0.29) is 37.5 Å². The number of ether oxygens (including phenoxy) is 3. The van der Waals surface area contributed by atoms with Crippen LogP contribution in [0.2, 0.25) is 0 Å². The van der Waals surface area contributed by atoms with Gasteiger partial charge in [-0.25, -0.2) is 0 Å². The Morgan fingerprint density at radius 3 is 0.810 bits per heavy atom. The second-order valence-electron chi connectivity index (χ2n) is 20.2. The summed E-state index contributed by atoms with van der Waals surface area (Å²) < 4.78 is 16.8. The summed E-state index contributed by atoms with van der Waals surface area (Å²) in [6, 6.07) is 0. The molecule has 0 N–H and O–H groups in total. The van der Waals surface area contributed by atoms with Crippen molar-refractivity contribution in [2.24, 2.45) is 0 Å². The number of hydrogen-bond donors (Lipinski definition) is 0. The minimum atomic E-state index is -0.827. The van der Waals surface area contributed by atoms with E-state index in [4.69, 9.17) is 14.2 Å². The summed E-state index contributed by atoms with van der Waals surface area (Å²) in [4.78, 5) is 38.3. The molecule has 1 unspecified atom stereocenters. The van der Waals surface area contributed by atoms with Crippen LogP contribution in [0, 0.1) is 0 Å². The van der Waals surface area contributed by atoms with E-state index in [0.717, 1.165) is 161 Å². The molecule has 6 heteroatoms. The Balaban J connectivity index is 4.48. The van der Waals surface area contributed by atoms with Gasteiger partial charge in [-0.2, -0.15) is 0 Å². The van der Waals surface area contributed by atoms with Gasteiger partial charge < -0.3 is 14.2 Å². The predicted octanol–water partition coefficient (Wildman–Crippen LogP) is 21.9. The monoisotopic (exact) mass is 1090 g/mol. The normalized spacial score (nSPS) is 13.3. The maximum absolute atomic E-state index is 12.9. The molecule has 0 aliphatic carbocycles. The van der Waals surface area contributed by atoms with Crippen molar-refractivity contribution in [2.45, 2.75) is 258 Å². The average Bonchev–Trinajstić information content (AvgIpc) is 3.45. The molecular weight excluding hydrogens is 973 g/mol. The summed E-state index contributed by atoms with van der Waals surface area (Å²) in [6.45, 7) is 6.28. The van der Waals surface area contributed by atoms with E-state index in [0.29, 0.717) is 19.3 Å². The molecule has 0 bridgehead atoms. The topological polar surface area (TPSA) is 78.9 Å². The zero-order chi connectivity index (χ0) is 57.1. The molecule has 0 fully saturated rings. The van der Waals surface area contributed by atoms with E-state index < -0.39 is 6.10 Å². The molecule has 0 aromatic rings. The Hall–Kier alpha value is -5.23. The van der Waals surface area contributed by atoms with E-state index in [9.17, 15) is 14.4 Å². The zero-order valence-corrected chi connectivity index (χ0v) is 50.6. The van der Waals surface area contributed by atoms with Gasteiger partial charge in [0.1, 0.15) is 13.2 Å². The van der Waals surface area contributed by atoms with Crippen molar-refractivity contribution in [3.05, 3.63) is 170 Å². The molecular formula is C73H114O6. The van der Waals surface area contributed by atoms with E-state index in [1.54, 1.807) is 0 Å². The first-order valence-corrected chi connectivity index (χ1v) is 31.6. The summed E-state index contributed by atoms with van der Waals surface area (Å²) >= 11 is 0. The summed E-state index contributed by atoms with van der Waals surface area (Å²) in [5.74, 6) is -1.00. The number of allylic oxidation sites excluding steroid dienone is 28. The first-order chi connectivity index (χ1) is 39.0. The van der Waals surface area contributed by atoms with Crippen molar-refractivity contribution < 1.29 is 28.6 Å². The third-order valence-electron chi connectivity index (χ3n) is 12.7. The van der Waals surface area contributed by atoms with Gasteiger partial charge in [0.15, 0.2) is 6.10 Å². The molecule has 0 heterocycles. The number of carbonyl (C=O) groups excluding carboxylic acids is 3. The molecule has 0 aromatic heterocycles. The minimum Gasteiger partial charge on any atom is -0.462 e. The third kappa shape index (κ3) is 63.5. The van der Waals surface area contributed by atoms with Gasteiger partial charge in [0, 0.05) is 19.3 Å². The highest BCUT2D eigenvalue weighted by Crippen LogP contribution is 2.14. The lowest BCUT2D eigenvalue weighted by Crippen LogP contribution is -2.30. The van der Waals surface area contributed by atoms with E-state index in [1.807, 2.05) is 0 Å². The molecule has 0 aliphatic rings. The first-order valence-electron chi connectivity index (χ1n) is 31.6. The quantitative estimate of drug-likeness (QED) is 0.0261. The SMILES string of the molecule is CC/C=C\C/C=C\C/C=C\C/C=C\C/C=C\C/C=C\C/C=C\CCCC(=O)OC(COC(=O)CCCCCCC/C=C\C/C=C\CCC)COC(=O)CCCCCCCCCCC/C=C\C/C=C\C/C=C\C/C=C\C/C=C\CC.